The van der Waals surface area contributed by atoms with E-state index in [1.54, 1.807) is 6.33 Å². The van der Waals surface area contributed by atoms with E-state index in [2.05, 4.69) is 20.2 Å². The monoisotopic (exact) mass is 288 g/mol. The lowest BCUT2D eigenvalue weighted by Gasteiger charge is -2.16. The third kappa shape index (κ3) is 2.85. The fourth-order valence-corrected chi connectivity index (χ4v) is 2.53. The minimum absolute atomic E-state index is 0.754. The Hall–Kier alpha value is -1.81. The van der Waals surface area contributed by atoms with Crippen molar-refractivity contribution in [2.24, 2.45) is 0 Å². The molecule has 0 aliphatic carbocycles. The molecule has 5 heteroatoms. The van der Waals surface area contributed by atoms with Gasteiger partial charge in [0, 0.05) is 29.9 Å². The van der Waals surface area contributed by atoms with Crippen molar-refractivity contribution in [3.63, 3.8) is 0 Å². The van der Waals surface area contributed by atoms with Crippen molar-refractivity contribution >= 4 is 28.9 Å². The first-order chi connectivity index (χ1) is 9.72. The van der Waals surface area contributed by atoms with Crippen LogP contribution in [0.4, 0.5) is 17.3 Å². The second-order valence-electron chi connectivity index (χ2n) is 5.04. The molecule has 0 atom stereocenters. The molecule has 0 unspecified atom stereocenters. The van der Waals surface area contributed by atoms with Crippen LogP contribution in [0.5, 0.6) is 0 Å². The first-order valence-corrected chi connectivity index (χ1v) is 7.20. The predicted octanol–water partition coefficient (Wildman–Crippen LogP) is 3.78. The lowest BCUT2D eigenvalue weighted by Crippen LogP contribution is -2.19. The first-order valence-electron chi connectivity index (χ1n) is 6.82. The van der Waals surface area contributed by atoms with Gasteiger partial charge in [0.15, 0.2) is 0 Å². The fourth-order valence-electron chi connectivity index (χ4n) is 2.35. The SMILES string of the molecule is Cc1ccc(Nc2cc(N3CCCC3)ncn2)cc1Cl. The Balaban J connectivity index is 1.79. The third-order valence-electron chi connectivity index (χ3n) is 3.53. The molecular formula is C15H17ClN4. The van der Waals surface area contributed by atoms with Crippen LogP contribution in [-0.4, -0.2) is 23.1 Å². The second-order valence-corrected chi connectivity index (χ2v) is 5.45. The molecule has 1 aliphatic rings. The van der Waals surface area contributed by atoms with Gasteiger partial charge in [-0.15, -0.1) is 0 Å². The van der Waals surface area contributed by atoms with Crippen molar-refractivity contribution in [1.82, 2.24) is 9.97 Å². The molecule has 1 saturated heterocycles. The van der Waals surface area contributed by atoms with Gasteiger partial charge in [0.1, 0.15) is 18.0 Å². The van der Waals surface area contributed by atoms with E-state index < -0.39 is 0 Å². The van der Waals surface area contributed by atoms with Crippen LogP contribution >= 0.6 is 11.6 Å². The van der Waals surface area contributed by atoms with Crippen molar-refractivity contribution in [2.45, 2.75) is 19.8 Å². The molecule has 0 saturated carbocycles. The Morgan fingerprint density at radius 2 is 1.95 bits per heavy atom. The van der Waals surface area contributed by atoms with Gasteiger partial charge in [-0.05, 0) is 37.5 Å². The maximum Gasteiger partial charge on any atom is 0.135 e. The Labute approximate surface area is 123 Å². The maximum absolute atomic E-state index is 6.13. The molecule has 0 spiro atoms. The topological polar surface area (TPSA) is 41.0 Å². The van der Waals surface area contributed by atoms with E-state index in [1.807, 2.05) is 31.2 Å². The number of benzene rings is 1. The molecule has 0 radical (unpaired) electrons. The summed E-state index contributed by atoms with van der Waals surface area (Å²) >= 11 is 6.13. The number of nitrogens with one attached hydrogen (secondary N) is 1. The molecule has 20 heavy (non-hydrogen) atoms. The summed E-state index contributed by atoms with van der Waals surface area (Å²) in [6.45, 7) is 4.14. The normalized spacial score (nSPS) is 14.6. The third-order valence-corrected chi connectivity index (χ3v) is 3.93. The number of anilines is 3. The van der Waals surface area contributed by atoms with Crippen LogP contribution in [0.25, 0.3) is 0 Å². The Bertz CT molecular complexity index is 609. The number of halogens is 1. The summed E-state index contributed by atoms with van der Waals surface area (Å²) < 4.78 is 0. The molecule has 1 aromatic carbocycles. The zero-order chi connectivity index (χ0) is 13.9. The second kappa shape index (κ2) is 5.67. The Morgan fingerprint density at radius 3 is 2.70 bits per heavy atom. The van der Waals surface area contributed by atoms with Crippen molar-refractivity contribution in [3.8, 4) is 0 Å². The van der Waals surface area contributed by atoms with Gasteiger partial charge < -0.3 is 10.2 Å². The zero-order valence-electron chi connectivity index (χ0n) is 11.4. The molecular weight excluding hydrogens is 272 g/mol. The number of aryl methyl sites for hydroxylation is 1. The van der Waals surface area contributed by atoms with Gasteiger partial charge in [-0.3, -0.25) is 0 Å². The summed E-state index contributed by atoms with van der Waals surface area (Å²) in [6.07, 6.45) is 4.08. The number of nitrogens with zero attached hydrogens (tertiary/aromatic N) is 3. The fraction of sp³-hybridized carbons (Fsp3) is 0.333. The molecule has 1 fully saturated rings. The van der Waals surface area contributed by atoms with Crippen molar-refractivity contribution in [3.05, 3.63) is 41.2 Å². The van der Waals surface area contributed by atoms with E-state index in [0.717, 1.165) is 41.0 Å². The van der Waals surface area contributed by atoms with Gasteiger partial charge >= 0.3 is 0 Å². The van der Waals surface area contributed by atoms with Crippen LogP contribution in [0.15, 0.2) is 30.6 Å². The summed E-state index contributed by atoms with van der Waals surface area (Å²) in [6, 6.07) is 7.89. The van der Waals surface area contributed by atoms with Crippen LogP contribution in [0.1, 0.15) is 18.4 Å². The van der Waals surface area contributed by atoms with Gasteiger partial charge in [-0.1, -0.05) is 17.7 Å². The summed E-state index contributed by atoms with van der Waals surface area (Å²) in [4.78, 5) is 10.9. The van der Waals surface area contributed by atoms with E-state index in [1.165, 1.54) is 12.8 Å². The van der Waals surface area contributed by atoms with Gasteiger partial charge in [0.25, 0.3) is 0 Å². The molecule has 1 aromatic heterocycles. The number of rotatable bonds is 3. The van der Waals surface area contributed by atoms with Gasteiger partial charge in [0.05, 0.1) is 0 Å². The van der Waals surface area contributed by atoms with E-state index in [4.69, 9.17) is 11.6 Å². The van der Waals surface area contributed by atoms with Gasteiger partial charge in [0.2, 0.25) is 0 Å². The Morgan fingerprint density at radius 1 is 1.15 bits per heavy atom. The minimum Gasteiger partial charge on any atom is -0.356 e. The lowest BCUT2D eigenvalue weighted by atomic mass is 10.2. The van der Waals surface area contributed by atoms with E-state index in [0.29, 0.717) is 0 Å². The highest BCUT2D eigenvalue weighted by molar-refractivity contribution is 6.31. The molecule has 3 rings (SSSR count). The molecule has 1 N–H and O–H groups in total. The average Bonchev–Trinajstić information content (AvgIpc) is 2.97. The van der Waals surface area contributed by atoms with Gasteiger partial charge in [-0.2, -0.15) is 0 Å². The summed E-state index contributed by atoms with van der Waals surface area (Å²) in [5, 5.41) is 4.03. The quantitative estimate of drug-likeness (QED) is 0.933. The average molecular weight is 289 g/mol. The van der Waals surface area contributed by atoms with Crippen LogP contribution in [-0.2, 0) is 0 Å². The van der Waals surface area contributed by atoms with Crippen LogP contribution in [0, 0.1) is 6.92 Å². The van der Waals surface area contributed by atoms with E-state index in [-0.39, 0.29) is 0 Å². The van der Waals surface area contributed by atoms with Crippen LogP contribution in [0.2, 0.25) is 5.02 Å². The summed E-state index contributed by atoms with van der Waals surface area (Å²) in [5.41, 5.74) is 2.00. The van der Waals surface area contributed by atoms with Crippen LogP contribution in [0.3, 0.4) is 0 Å². The molecule has 1 aliphatic heterocycles. The molecule has 2 aromatic rings. The smallest absolute Gasteiger partial charge is 0.135 e. The van der Waals surface area contributed by atoms with E-state index >= 15 is 0 Å². The highest BCUT2D eigenvalue weighted by atomic mass is 35.5. The minimum atomic E-state index is 0.754. The van der Waals surface area contributed by atoms with Crippen molar-refractivity contribution in [2.75, 3.05) is 23.3 Å². The molecule has 0 amide bonds. The predicted molar refractivity (Wildman–Crippen MR) is 83.0 cm³/mol. The molecule has 4 nitrogen and oxygen atoms in total. The lowest BCUT2D eigenvalue weighted by molar-refractivity contribution is 0.928. The maximum atomic E-state index is 6.13. The molecule has 104 valence electrons. The van der Waals surface area contributed by atoms with Crippen molar-refractivity contribution in [1.29, 1.82) is 0 Å². The number of hydrogen-bond donors (Lipinski definition) is 1. The number of aromatic nitrogens is 2. The number of hydrogen-bond acceptors (Lipinski definition) is 4. The highest BCUT2D eigenvalue weighted by Gasteiger charge is 2.14. The van der Waals surface area contributed by atoms with Crippen LogP contribution < -0.4 is 10.2 Å². The Kier molecular flexibility index (Phi) is 3.74. The largest absolute Gasteiger partial charge is 0.356 e. The molecule has 0 bridgehead atoms. The van der Waals surface area contributed by atoms with Gasteiger partial charge in [-0.25, -0.2) is 9.97 Å². The highest BCUT2D eigenvalue weighted by Crippen LogP contribution is 2.24. The van der Waals surface area contributed by atoms with E-state index in [9.17, 15) is 0 Å². The summed E-state index contributed by atoms with van der Waals surface area (Å²) in [7, 11) is 0. The summed E-state index contributed by atoms with van der Waals surface area (Å²) in [5.74, 6) is 1.78. The first kappa shape index (κ1) is 13.2. The molecule has 2 heterocycles. The standard InChI is InChI=1S/C15H17ClN4/c1-11-4-5-12(8-13(11)16)19-14-9-15(18-10-17-14)20-6-2-3-7-20/h4-5,8-10H,2-3,6-7H2,1H3,(H,17,18,19). The van der Waals surface area contributed by atoms with Crippen molar-refractivity contribution < 1.29 is 0 Å². The zero-order valence-corrected chi connectivity index (χ0v) is 12.2.